The fourth-order valence-corrected chi connectivity index (χ4v) is 0.969. The predicted octanol–water partition coefficient (Wildman–Crippen LogP) is 3.41. The Morgan fingerprint density at radius 2 is 1.93 bits per heavy atom. The summed E-state index contributed by atoms with van der Waals surface area (Å²) in [5, 5.41) is 0. The third-order valence-corrected chi connectivity index (χ3v) is 1.68. The summed E-state index contributed by atoms with van der Waals surface area (Å²) in [6.45, 7) is 6.32. The Balaban J connectivity index is 3.47. The molecule has 0 atom stereocenters. The second kappa shape index (κ2) is 9.25. The molecular formula is C13H20O2. The molecule has 0 saturated heterocycles. The number of ether oxygens (including phenoxy) is 1. The molecule has 0 heterocycles. The zero-order chi connectivity index (χ0) is 11.5. The summed E-state index contributed by atoms with van der Waals surface area (Å²) in [5.41, 5.74) is 1.34. The van der Waals surface area contributed by atoms with Crippen molar-refractivity contribution < 1.29 is 9.53 Å². The second-order valence-corrected chi connectivity index (χ2v) is 3.46. The lowest BCUT2D eigenvalue weighted by atomic mass is 10.2. The molecule has 0 aromatic rings. The Morgan fingerprint density at radius 1 is 1.20 bits per heavy atom. The highest BCUT2D eigenvalue weighted by molar-refractivity contribution is 5.81. The number of unbranched alkanes of at least 4 members (excludes halogenated alkanes) is 1. The lowest BCUT2D eigenvalue weighted by Crippen LogP contribution is -1.99. The van der Waals surface area contributed by atoms with Crippen LogP contribution in [0.4, 0.5) is 0 Å². The molecule has 2 heteroatoms. The topological polar surface area (TPSA) is 26.3 Å². The van der Waals surface area contributed by atoms with Crippen LogP contribution in [-0.4, -0.2) is 12.6 Å². The van der Waals surface area contributed by atoms with Crippen LogP contribution in [0.5, 0.6) is 0 Å². The SMILES string of the molecule is C/C=C/C(=O)OC/C=C/CCC=C(C)C. The largest absolute Gasteiger partial charge is 0.458 e. The van der Waals surface area contributed by atoms with Gasteiger partial charge in [-0.15, -0.1) is 0 Å². The standard InChI is InChI=1S/C13H20O2/c1-4-9-13(14)15-11-8-6-5-7-10-12(2)3/h4,6,8-10H,5,7,11H2,1-3H3/b8-6+,9-4+. The van der Waals surface area contributed by atoms with E-state index >= 15 is 0 Å². The van der Waals surface area contributed by atoms with Crippen LogP contribution in [0.3, 0.4) is 0 Å². The van der Waals surface area contributed by atoms with Gasteiger partial charge in [0.15, 0.2) is 0 Å². The monoisotopic (exact) mass is 208 g/mol. The van der Waals surface area contributed by atoms with Gasteiger partial charge in [-0.2, -0.15) is 0 Å². The van der Waals surface area contributed by atoms with Crippen LogP contribution in [0.1, 0.15) is 33.6 Å². The van der Waals surface area contributed by atoms with Gasteiger partial charge in [0.1, 0.15) is 6.61 Å². The van der Waals surface area contributed by atoms with Gasteiger partial charge >= 0.3 is 5.97 Å². The maximum Gasteiger partial charge on any atom is 0.330 e. The van der Waals surface area contributed by atoms with E-state index in [4.69, 9.17) is 4.74 Å². The zero-order valence-electron chi connectivity index (χ0n) is 9.82. The van der Waals surface area contributed by atoms with Gasteiger partial charge in [0.05, 0.1) is 0 Å². The number of esters is 1. The Bertz CT molecular complexity index is 256. The van der Waals surface area contributed by atoms with Gasteiger partial charge in [0.2, 0.25) is 0 Å². The van der Waals surface area contributed by atoms with Crippen molar-refractivity contribution in [2.45, 2.75) is 33.6 Å². The predicted molar refractivity (Wildman–Crippen MR) is 63.6 cm³/mol. The smallest absolute Gasteiger partial charge is 0.330 e. The summed E-state index contributed by atoms with van der Waals surface area (Å²) < 4.78 is 4.88. The molecule has 0 N–H and O–H groups in total. The molecule has 15 heavy (non-hydrogen) atoms. The number of carbonyl (C=O) groups excluding carboxylic acids is 1. The van der Waals surface area contributed by atoms with Crippen molar-refractivity contribution in [1.82, 2.24) is 0 Å². The molecule has 84 valence electrons. The molecule has 0 aromatic carbocycles. The van der Waals surface area contributed by atoms with Crippen molar-refractivity contribution >= 4 is 5.97 Å². The zero-order valence-corrected chi connectivity index (χ0v) is 9.82. The van der Waals surface area contributed by atoms with Gasteiger partial charge < -0.3 is 4.74 Å². The Labute approximate surface area is 92.3 Å². The normalized spacial score (nSPS) is 10.9. The lowest BCUT2D eigenvalue weighted by molar-refractivity contribution is -0.136. The second-order valence-electron chi connectivity index (χ2n) is 3.46. The average molecular weight is 208 g/mol. The van der Waals surface area contributed by atoms with Crippen LogP contribution in [0, 0.1) is 0 Å². The van der Waals surface area contributed by atoms with Gasteiger partial charge in [-0.05, 0) is 33.6 Å². The van der Waals surface area contributed by atoms with E-state index in [-0.39, 0.29) is 5.97 Å². The van der Waals surface area contributed by atoms with E-state index in [9.17, 15) is 4.79 Å². The van der Waals surface area contributed by atoms with Crippen LogP contribution < -0.4 is 0 Å². The molecule has 0 fully saturated rings. The van der Waals surface area contributed by atoms with Gasteiger partial charge in [-0.25, -0.2) is 4.79 Å². The Morgan fingerprint density at radius 3 is 2.53 bits per heavy atom. The first-order chi connectivity index (χ1) is 7.16. The quantitative estimate of drug-likeness (QED) is 0.289. The van der Waals surface area contributed by atoms with Crippen molar-refractivity contribution in [1.29, 1.82) is 0 Å². The third kappa shape index (κ3) is 10.6. The number of hydrogen-bond donors (Lipinski definition) is 0. The highest BCUT2D eigenvalue weighted by atomic mass is 16.5. The first-order valence-corrected chi connectivity index (χ1v) is 5.24. The summed E-state index contributed by atoms with van der Waals surface area (Å²) in [6, 6.07) is 0. The van der Waals surface area contributed by atoms with Crippen LogP contribution >= 0.6 is 0 Å². The molecule has 0 aromatic heterocycles. The summed E-state index contributed by atoms with van der Waals surface area (Å²) in [7, 11) is 0. The minimum absolute atomic E-state index is 0.286. The molecule has 0 rings (SSSR count). The van der Waals surface area contributed by atoms with E-state index < -0.39 is 0 Å². The fourth-order valence-electron chi connectivity index (χ4n) is 0.969. The molecule has 2 nitrogen and oxygen atoms in total. The molecular weight excluding hydrogens is 188 g/mol. The first kappa shape index (κ1) is 13.7. The van der Waals surface area contributed by atoms with Crippen molar-refractivity contribution in [3.8, 4) is 0 Å². The summed E-state index contributed by atoms with van der Waals surface area (Å²) in [4.78, 5) is 10.9. The third-order valence-electron chi connectivity index (χ3n) is 1.68. The van der Waals surface area contributed by atoms with E-state index in [0.29, 0.717) is 6.61 Å². The number of carbonyl (C=O) groups is 1. The molecule has 0 amide bonds. The van der Waals surface area contributed by atoms with Crippen molar-refractivity contribution in [2.24, 2.45) is 0 Å². The molecule has 0 spiro atoms. The Hall–Kier alpha value is -1.31. The van der Waals surface area contributed by atoms with E-state index in [0.717, 1.165) is 12.8 Å². The van der Waals surface area contributed by atoms with Gasteiger partial charge in [-0.1, -0.05) is 29.9 Å². The number of allylic oxidation sites excluding steroid dienone is 4. The molecule has 0 aliphatic rings. The average Bonchev–Trinajstić information content (AvgIpc) is 2.16. The molecule has 0 unspecified atom stereocenters. The molecule has 0 saturated carbocycles. The summed E-state index contributed by atoms with van der Waals surface area (Å²) in [6.07, 6.45) is 11.2. The van der Waals surface area contributed by atoms with Crippen LogP contribution in [0.15, 0.2) is 36.0 Å². The van der Waals surface area contributed by atoms with E-state index in [2.05, 4.69) is 19.9 Å². The number of hydrogen-bond acceptors (Lipinski definition) is 2. The van der Waals surface area contributed by atoms with E-state index in [1.807, 2.05) is 12.2 Å². The summed E-state index contributed by atoms with van der Waals surface area (Å²) in [5.74, 6) is -0.286. The van der Waals surface area contributed by atoms with Crippen molar-refractivity contribution in [3.05, 3.63) is 36.0 Å². The fraction of sp³-hybridized carbons (Fsp3) is 0.462. The minimum Gasteiger partial charge on any atom is -0.458 e. The van der Waals surface area contributed by atoms with Gasteiger partial charge in [0.25, 0.3) is 0 Å². The minimum atomic E-state index is -0.286. The maximum atomic E-state index is 10.9. The van der Waals surface area contributed by atoms with E-state index in [1.165, 1.54) is 11.6 Å². The first-order valence-electron chi connectivity index (χ1n) is 5.24. The van der Waals surface area contributed by atoms with E-state index in [1.54, 1.807) is 13.0 Å². The summed E-state index contributed by atoms with van der Waals surface area (Å²) >= 11 is 0. The van der Waals surface area contributed by atoms with Gasteiger partial charge in [-0.3, -0.25) is 0 Å². The van der Waals surface area contributed by atoms with Crippen molar-refractivity contribution in [3.63, 3.8) is 0 Å². The highest BCUT2D eigenvalue weighted by Gasteiger charge is 1.90. The van der Waals surface area contributed by atoms with Crippen LogP contribution in [0.2, 0.25) is 0 Å². The lowest BCUT2D eigenvalue weighted by Gasteiger charge is -1.95. The molecule has 0 aliphatic carbocycles. The highest BCUT2D eigenvalue weighted by Crippen LogP contribution is 1.97. The molecule has 0 aliphatic heterocycles. The molecule has 0 bridgehead atoms. The van der Waals surface area contributed by atoms with Crippen molar-refractivity contribution in [2.75, 3.05) is 6.61 Å². The van der Waals surface area contributed by atoms with Crippen LogP contribution in [-0.2, 0) is 9.53 Å². The number of rotatable bonds is 6. The molecule has 0 radical (unpaired) electrons. The van der Waals surface area contributed by atoms with Gasteiger partial charge in [0, 0.05) is 6.08 Å². The van der Waals surface area contributed by atoms with Crippen LogP contribution in [0.25, 0.3) is 0 Å². The maximum absolute atomic E-state index is 10.9. The Kier molecular flexibility index (Phi) is 8.44.